The van der Waals surface area contributed by atoms with E-state index in [1.807, 2.05) is 13.0 Å². The summed E-state index contributed by atoms with van der Waals surface area (Å²) in [4.78, 5) is 8.57. The van der Waals surface area contributed by atoms with Gasteiger partial charge in [0.15, 0.2) is 0 Å². The fourth-order valence-electron chi connectivity index (χ4n) is 3.37. The number of piperidine rings is 1. The van der Waals surface area contributed by atoms with Crippen LogP contribution in [0.3, 0.4) is 0 Å². The second-order valence-electron chi connectivity index (χ2n) is 6.05. The summed E-state index contributed by atoms with van der Waals surface area (Å²) in [6.07, 6.45) is 3.71. The zero-order chi connectivity index (χ0) is 15.8. The van der Waals surface area contributed by atoms with Crippen LogP contribution in [0.25, 0.3) is 4.96 Å². The Morgan fingerprint density at radius 1 is 1.13 bits per heavy atom. The quantitative estimate of drug-likeness (QED) is 0.801. The first-order valence-electron chi connectivity index (χ1n) is 8.08. The number of likely N-dealkylation sites (tertiary alicyclic amines) is 1. The van der Waals surface area contributed by atoms with Crippen molar-refractivity contribution in [1.82, 2.24) is 19.5 Å². The first kappa shape index (κ1) is 14.7. The molecule has 0 unspecified atom stereocenters. The second kappa shape index (κ2) is 5.94. The standard InChI is InChI=1S/C17H20N4OS/c1-12-18-17-21(19-12)16(22)15(23-17)14(13-8-4-2-5-9-13)20-10-6-3-7-11-20/h2,4-5,8-9,14,22H,3,6-7,10-11H2,1H3/t14-/m0/s1. The van der Waals surface area contributed by atoms with Crippen molar-refractivity contribution in [2.45, 2.75) is 32.2 Å². The van der Waals surface area contributed by atoms with E-state index in [0.717, 1.165) is 22.9 Å². The van der Waals surface area contributed by atoms with Crippen molar-refractivity contribution in [2.75, 3.05) is 13.1 Å². The number of aromatic hydroxyl groups is 1. The molecule has 1 aliphatic rings. The SMILES string of the molecule is Cc1nc2sc([C@H](c3ccccc3)N3CCCCC3)c(O)n2n1. The van der Waals surface area contributed by atoms with Crippen molar-refractivity contribution < 1.29 is 5.11 Å². The predicted octanol–water partition coefficient (Wildman–Crippen LogP) is 3.38. The third-order valence-electron chi connectivity index (χ3n) is 4.43. The van der Waals surface area contributed by atoms with Gasteiger partial charge in [0.2, 0.25) is 10.8 Å². The fourth-order valence-corrected chi connectivity index (χ4v) is 4.53. The van der Waals surface area contributed by atoms with Crippen molar-refractivity contribution >= 4 is 16.3 Å². The first-order valence-corrected chi connectivity index (χ1v) is 8.90. The zero-order valence-electron chi connectivity index (χ0n) is 13.1. The number of hydrogen-bond donors (Lipinski definition) is 1. The summed E-state index contributed by atoms with van der Waals surface area (Å²) in [6.45, 7) is 3.97. The molecule has 0 amide bonds. The molecular formula is C17H20N4OS. The minimum atomic E-state index is 0.0744. The van der Waals surface area contributed by atoms with Gasteiger partial charge in [-0.3, -0.25) is 4.90 Å². The maximum absolute atomic E-state index is 10.7. The molecule has 1 fully saturated rings. The highest BCUT2D eigenvalue weighted by molar-refractivity contribution is 7.17. The summed E-state index contributed by atoms with van der Waals surface area (Å²) in [5.74, 6) is 0.914. The molecule has 0 bridgehead atoms. The molecule has 1 atom stereocenters. The maximum atomic E-state index is 10.7. The molecule has 1 aromatic carbocycles. The van der Waals surface area contributed by atoms with Crippen LogP contribution in [0.4, 0.5) is 0 Å². The molecule has 0 saturated carbocycles. The highest BCUT2D eigenvalue weighted by Gasteiger charge is 2.30. The molecular weight excluding hydrogens is 308 g/mol. The van der Waals surface area contributed by atoms with Gasteiger partial charge in [-0.05, 0) is 38.4 Å². The van der Waals surface area contributed by atoms with Crippen LogP contribution in [0.15, 0.2) is 30.3 Å². The normalized spacial score (nSPS) is 17.6. The van der Waals surface area contributed by atoms with Gasteiger partial charge in [-0.15, -0.1) is 5.10 Å². The van der Waals surface area contributed by atoms with Crippen molar-refractivity contribution in [3.05, 3.63) is 46.6 Å². The van der Waals surface area contributed by atoms with Crippen LogP contribution < -0.4 is 0 Å². The van der Waals surface area contributed by atoms with Gasteiger partial charge in [0.05, 0.1) is 10.9 Å². The van der Waals surface area contributed by atoms with Gasteiger partial charge >= 0.3 is 0 Å². The van der Waals surface area contributed by atoms with Gasteiger partial charge in [-0.25, -0.2) is 4.98 Å². The number of nitrogens with zero attached hydrogens (tertiary/aromatic N) is 4. The summed E-state index contributed by atoms with van der Waals surface area (Å²) in [7, 11) is 0. The van der Waals surface area contributed by atoms with Gasteiger partial charge in [0.1, 0.15) is 5.82 Å². The molecule has 4 rings (SSSR count). The van der Waals surface area contributed by atoms with Crippen molar-refractivity contribution in [2.24, 2.45) is 0 Å². The number of rotatable bonds is 3. The molecule has 5 nitrogen and oxygen atoms in total. The molecule has 3 aromatic rings. The van der Waals surface area contributed by atoms with Crippen LogP contribution in [-0.4, -0.2) is 37.7 Å². The monoisotopic (exact) mass is 328 g/mol. The van der Waals surface area contributed by atoms with Gasteiger partial charge in [-0.2, -0.15) is 4.52 Å². The average Bonchev–Trinajstić information content (AvgIpc) is 3.08. The third-order valence-corrected chi connectivity index (χ3v) is 5.50. The molecule has 2 aromatic heterocycles. The van der Waals surface area contributed by atoms with Crippen molar-refractivity contribution in [3.63, 3.8) is 0 Å². The first-order chi connectivity index (χ1) is 11.2. The highest BCUT2D eigenvalue weighted by atomic mass is 32.1. The molecule has 1 aliphatic heterocycles. The summed E-state index contributed by atoms with van der Waals surface area (Å²) in [6, 6.07) is 10.5. The molecule has 6 heteroatoms. The Morgan fingerprint density at radius 3 is 2.57 bits per heavy atom. The summed E-state index contributed by atoms with van der Waals surface area (Å²) < 4.78 is 1.56. The lowest BCUT2D eigenvalue weighted by molar-refractivity contribution is 0.186. The summed E-state index contributed by atoms with van der Waals surface area (Å²) in [5, 5.41) is 15.0. The van der Waals surface area contributed by atoms with E-state index in [-0.39, 0.29) is 11.9 Å². The van der Waals surface area contributed by atoms with Crippen LogP contribution in [0.2, 0.25) is 0 Å². The lowest BCUT2D eigenvalue weighted by Gasteiger charge is -2.34. The van der Waals surface area contributed by atoms with E-state index in [9.17, 15) is 5.11 Å². The topological polar surface area (TPSA) is 53.7 Å². The lowest BCUT2D eigenvalue weighted by atomic mass is 10.0. The van der Waals surface area contributed by atoms with E-state index in [1.54, 1.807) is 4.52 Å². The summed E-state index contributed by atoms with van der Waals surface area (Å²) in [5.41, 5.74) is 1.21. The Morgan fingerprint density at radius 2 is 1.87 bits per heavy atom. The predicted molar refractivity (Wildman–Crippen MR) is 91.0 cm³/mol. The number of hydrogen-bond acceptors (Lipinski definition) is 5. The number of aromatic nitrogens is 3. The lowest BCUT2D eigenvalue weighted by Crippen LogP contribution is -2.34. The van der Waals surface area contributed by atoms with E-state index < -0.39 is 0 Å². The molecule has 1 saturated heterocycles. The molecule has 3 heterocycles. The maximum Gasteiger partial charge on any atom is 0.230 e. The van der Waals surface area contributed by atoms with Crippen molar-refractivity contribution in [3.8, 4) is 5.88 Å². The van der Waals surface area contributed by atoms with E-state index in [2.05, 4.69) is 39.2 Å². The molecule has 120 valence electrons. The number of thiazole rings is 1. The molecule has 0 radical (unpaired) electrons. The van der Waals surface area contributed by atoms with Gasteiger partial charge in [0.25, 0.3) is 0 Å². The largest absolute Gasteiger partial charge is 0.492 e. The summed E-state index contributed by atoms with van der Waals surface area (Å²) >= 11 is 1.54. The van der Waals surface area contributed by atoms with Crippen LogP contribution in [0.1, 0.15) is 41.6 Å². The van der Waals surface area contributed by atoms with Crippen LogP contribution in [0, 0.1) is 6.92 Å². The minimum absolute atomic E-state index is 0.0744. The number of benzene rings is 1. The van der Waals surface area contributed by atoms with Crippen LogP contribution in [-0.2, 0) is 0 Å². The molecule has 23 heavy (non-hydrogen) atoms. The number of fused-ring (bicyclic) bond motifs is 1. The third kappa shape index (κ3) is 2.62. The van der Waals surface area contributed by atoms with Crippen LogP contribution in [0.5, 0.6) is 5.88 Å². The van der Waals surface area contributed by atoms with E-state index >= 15 is 0 Å². The zero-order valence-corrected chi connectivity index (χ0v) is 14.0. The molecule has 0 aliphatic carbocycles. The molecule has 0 spiro atoms. The van der Waals surface area contributed by atoms with Gasteiger partial charge in [-0.1, -0.05) is 48.1 Å². The Kier molecular flexibility index (Phi) is 3.79. The van der Waals surface area contributed by atoms with Gasteiger partial charge < -0.3 is 5.11 Å². The van der Waals surface area contributed by atoms with Crippen molar-refractivity contribution in [1.29, 1.82) is 0 Å². The van der Waals surface area contributed by atoms with E-state index in [1.165, 1.54) is 36.2 Å². The highest BCUT2D eigenvalue weighted by Crippen LogP contribution is 2.40. The Labute approximate surface area is 139 Å². The Hall–Kier alpha value is -1.92. The van der Waals surface area contributed by atoms with E-state index in [4.69, 9.17) is 0 Å². The molecule has 1 N–H and O–H groups in total. The average molecular weight is 328 g/mol. The minimum Gasteiger partial charge on any atom is -0.492 e. The Bertz CT molecular complexity index is 805. The van der Waals surface area contributed by atoms with E-state index in [0.29, 0.717) is 5.82 Å². The van der Waals surface area contributed by atoms with Gasteiger partial charge in [0, 0.05) is 0 Å². The second-order valence-corrected chi connectivity index (χ2v) is 7.06. The number of aryl methyl sites for hydroxylation is 1. The van der Waals surface area contributed by atoms with Crippen LogP contribution >= 0.6 is 11.3 Å². The fraction of sp³-hybridized carbons (Fsp3) is 0.412. The Balaban J connectivity index is 1.82. The smallest absolute Gasteiger partial charge is 0.230 e.